The van der Waals surface area contributed by atoms with E-state index in [1.807, 2.05) is 11.6 Å². The second-order valence-corrected chi connectivity index (χ2v) is 6.04. The molecule has 2 rings (SSSR count). The SMILES string of the molecule is CCCc1cc(CNCC)cc(-n2nc(C)c(Br)c2C)n1. The number of aromatic nitrogens is 3. The first-order valence-corrected chi connectivity index (χ1v) is 8.28. The first kappa shape index (κ1) is 16.2. The maximum atomic E-state index is 4.77. The minimum absolute atomic E-state index is 0.864. The second kappa shape index (κ2) is 7.18. The fraction of sp³-hybridized carbons (Fsp3) is 0.500. The maximum Gasteiger partial charge on any atom is 0.154 e. The van der Waals surface area contributed by atoms with Gasteiger partial charge in [0.15, 0.2) is 5.82 Å². The van der Waals surface area contributed by atoms with Gasteiger partial charge in [0, 0.05) is 12.2 Å². The molecule has 0 radical (unpaired) electrons. The molecule has 0 amide bonds. The van der Waals surface area contributed by atoms with Crippen LogP contribution in [-0.2, 0) is 13.0 Å². The summed E-state index contributed by atoms with van der Waals surface area (Å²) in [6.07, 6.45) is 2.09. The zero-order chi connectivity index (χ0) is 15.4. The third-order valence-corrected chi connectivity index (χ3v) is 4.58. The van der Waals surface area contributed by atoms with Crippen molar-refractivity contribution in [2.75, 3.05) is 6.54 Å². The van der Waals surface area contributed by atoms with E-state index in [1.54, 1.807) is 0 Å². The maximum absolute atomic E-state index is 4.77. The van der Waals surface area contributed by atoms with Gasteiger partial charge in [0.1, 0.15) is 0 Å². The highest BCUT2D eigenvalue weighted by Gasteiger charge is 2.12. The molecule has 0 spiro atoms. The van der Waals surface area contributed by atoms with Gasteiger partial charge in [-0.15, -0.1) is 0 Å². The van der Waals surface area contributed by atoms with E-state index in [0.717, 1.165) is 53.3 Å². The molecule has 0 bridgehead atoms. The van der Waals surface area contributed by atoms with Crippen LogP contribution in [0.3, 0.4) is 0 Å². The van der Waals surface area contributed by atoms with E-state index in [1.165, 1.54) is 5.56 Å². The van der Waals surface area contributed by atoms with Crippen LogP contribution in [0.1, 0.15) is 42.9 Å². The standard InChI is InChI=1S/C16H23BrN4/c1-5-7-14-8-13(10-18-6-2)9-15(19-14)21-12(4)16(17)11(3)20-21/h8-9,18H,5-7,10H2,1-4H3. The van der Waals surface area contributed by atoms with Gasteiger partial charge >= 0.3 is 0 Å². The van der Waals surface area contributed by atoms with Crippen molar-refractivity contribution in [1.29, 1.82) is 0 Å². The zero-order valence-electron chi connectivity index (χ0n) is 13.2. The molecular formula is C16H23BrN4. The van der Waals surface area contributed by atoms with Crippen LogP contribution >= 0.6 is 15.9 Å². The summed E-state index contributed by atoms with van der Waals surface area (Å²) in [6.45, 7) is 10.2. The zero-order valence-corrected chi connectivity index (χ0v) is 14.8. The lowest BCUT2D eigenvalue weighted by atomic mass is 10.1. The van der Waals surface area contributed by atoms with Crippen molar-refractivity contribution in [1.82, 2.24) is 20.1 Å². The van der Waals surface area contributed by atoms with Crippen LogP contribution in [-0.4, -0.2) is 21.3 Å². The van der Waals surface area contributed by atoms with Gasteiger partial charge in [0.2, 0.25) is 0 Å². The van der Waals surface area contributed by atoms with E-state index in [0.29, 0.717) is 0 Å². The second-order valence-electron chi connectivity index (χ2n) is 5.25. The molecule has 0 fully saturated rings. The molecule has 0 unspecified atom stereocenters. The molecule has 0 aliphatic heterocycles. The number of rotatable bonds is 6. The summed E-state index contributed by atoms with van der Waals surface area (Å²) in [6, 6.07) is 4.31. The summed E-state index contributed by atoms with van der Waals surface area (Å²) in [5.41, 5.74) is 4.46. The molecule has 0 atom stereocenters. The van der Waals surface area contributed by atoms with E-state index in [-0.39, 0.29) is 0 Å². The van der Waals surface area contributed by atoms with E-state index in [9.17, 15) is 0 Å². The Morgan fingerprint density at radius 1 is 1.24 bits per heavy atom. The van der Waals surface area contributed by atoms with E-state index < -0.39 is 0 Å². The predicted octanol–water partition coefficient (Wildman–Crippen LogP) is 3.71. The summed E-state index contributed by atoms with van der Waals surface area (Å²) in [5.74, 6) is 0.903. The molecular weight excluding hydrogens is 328 g/mol. The third kappa shape index (κ3) is 3.71. The average Bonchev–Trinajstić information content (AvgIpc) is 2.73. The summed E-state index contributed by atoms with van der Waals surface area (Å²) in [7, 11) is 0. The minimum Gasteiger partial charge on any atom is -0.313 e. The molecule has 114 valence electrons. The smallest absolute Gasteiger partial charge is 0.154 e. The van der Waals surface area contributed by atoms with Crippen LogP contribution in [0.4, 0.5) is 0 Å². The van der Waals surface area contributed by atoms with Crippen LogP contribution in [0.5, 0.6) is 0 Å². The predicted molar refractivity (Wildman–Crippen MR) is 89.9 cm³/mol. The molecule has 21 heavy (non-hydrogen) atoms. The topological polar surface area (TPSA) is 42.7 Å². The van der Waals surface area contributed by atoms with Gasteiger partial charge in [0.05, 0.1) is 15.9 Å². The molecule has 0 aliphatic rings. The third-order valence-electron chi connectivity index (χ3n) is 3.43. The van der Waals surface area contributed by atoms with Crippen molar-refractivity contribution >= 4 is 15.9 Å². The molecule has 0 aromatic carbocycles. The summed E-state index contributed by atoms with van der Waals surface area (Å²) in [4.78, 5) is 4.77. The van der Waals surface area contributed by atoms with Crippen molar-refractivity contribution in [2.45, 2.75) is 47.1 Å². The Morgan fingerprint density at radius 2 is 2.00 bits per heavy atom. The Kier molecular flexibility index (Phi) is 5.53. The van der Waals surface area contributed by atoms with Crippen molar-refractivity contribution in [3.05, 3.63) is 39.3 Å². The molecule has 0 saturated heterocycles. The van der Waals surface area contributed by atoms with Crippen molar-refractivity contribution in [2.24, 2.45) is 0 Å². The fourth-order valence-corrected chi connectivity index (χ4v) is 2.59. The lowest BCUT2D eigenvalue weighted by molar-refractivity contribution is 0.716. The number of nitrogens with one attached hydrogen (secondary N) is 1. The van der Waals surface area contributed by atoms with Crippen LogP contribution in [0, 0.1) is 13.8 Å². The highest BCUT2D eigenvalue weighted by atomic mass is 79.9. The molecule has 0 aliphatic carbocycles. The van der Waals surface area contributed by atoms with Gasteiger partial charge in [0.25, 0.3) is 0 Å². The Labute approximate surface area is 135 Å². The van der Waals surface area contributed by atoms with Crippen molar-refractivity contribution in [3.8, 4) is 5.82 Å². The molecule has 2 aromatic rings. The van der Waals surface area contributed by atoms with Crippen LogP contribution < -0.4 is 5.32 Å². The monoisotopic (exact) mass is 350 g/mol. The summed E-state index contributed by atoms with van der Waals surface area (Å²) >= 11 is 3.58. The molecule has 2 aromatic heterocycles. The number of hydrogen-bond acceptors (Lipinski definition) is 3. The van der Waals surface area contributed by atoms with E-state index in [4.69, 9.17) is 4.98 Å². The fourth-order valence-electron chi connectivity index (χ4n) is 2.34. The Balaban J connectivity index is 2.45. The number of nitrogens with zero attached hydrogens (tertiary/aromatic N) is 3. The van der Waals surface area contributed by atoms with E-state index in [2.05, 4.69) is 59.2 Å². The van der Waals surface area contributed by atoms with Crippen LogP contribution in [0.15, 0.2) is 16.6 Å². The van der Waals surface area contributed by atoms with Crippen LogP contribution in [0.2, 0.25) is 0 Å². The lowest BCUT2D eigenvalue weighted by Crippen LogP contribution is -2.13. The molecule has 4 nitrogen and oxygen atoms in total. The van der Waals surface area contributed by atoms with Gasteiger partial charge < -0.3 is 5.32 Å². The normalized spacial score (nSPS) is 11.1. The number of aryl methyl sites for hydroxylation is 2. The molecule has 1 N–H and O–H groups in total. The number of pyridine rings is 1. The Bertz CT molecular complexity index is 619. The van der Waals surface area contributed by atoms with Gasteiger partial charge in [-0.25, -0.2) is 9.67 Å². The van der Waals surface area contributed by atoms with Gasteiger partial charge in [-0.2, -0.15) is 5.10 Å². The Hall–Kier alpha value is -1.20. The highest BCUT2D eigenvalue weighted by Crippen LogP contribution is 2.23. The van der Waals surface area contributed by atoms with Gasteiger partial charge in [-0.1, -0.05) is 20.3 Å². The number of halogens is 1. The quantitative estimate of drug-likeness (QED) is 0.863. The lowest BCUT2D eigenvalue weighted by Gasteiger charge is -2.10. The molecule has 2 heterocycles. The highest BCUT2D eigenvalue weighted by molar-refractivity contribution is 9.10. The molecule has 5 heteroatoms. The first-order chi connectivity index (χ1) is 10.1. The largest absolute Gasteiger partial charge is 0.313 e. The molecule has 0 saturated carbocycles. The average molecular weight is 351 g/mol. The van der Waals surface area contributed by atoms with E-state index >= 15 is 0 Å². The van der Waals surface area contributed by atoms with Crippen molar-refractivity contribution < 1.29 is 0 Å². The first-order valence-electron chi connectivity index (χ1n) is 7.49. The summed E-state index contributed by atoms with van der Waals surface area (Å²) < 4.78 is 2.98. The van der Waals surface area contributed by atoms with Gasteiger partial charge in [-0.05, 0) is 60.4 Å². The van der Waals surface area contributed by atoms with Gasteiger partial charge in [-0.3, -0.25) is 0 Å². The van der Waals surface area contributed by atoms with Crippen molar-refractivity contribution in [3.63, 3.8) is 0 Å². The Morgan fingerprint density at radius 3 is 2.57 bits per heavy atom. The van der Waals surface area contributed by atoms with Crippen LogP contribution in [0.25, 0.3) is 5.82 Å². The minimum atomic E-state index is 0.864. The summed E-state index contributed by atoms with van der Waals surface area (Å²) in [5, 5.41) is 7.97. The number of hydrogen-bond donors (Lipinski definition) is 1.